The number of nitrogens with one attached hydrogen (secondary N) is 1. The molecule has 2 rings (SSSR count). The number of hydrogen-bond acceptors (Lipinski definition) is 6. The number of nitrogen functional groups attached to an aromatic ring is 1. The molecule has 0 spiro atoms. The van der Waals surface area contributed by atoms with E-state index in [4.69, 9.17) is 5.73 Å². The Labute approximate surface area is 100 Å². The van der Waals surface area contributed by atoms with E-state index in [0.717, 1.165) is 4.57 Å². The van der Waals surface area contributed by atoms with Gasteiger partial charge in [0.25, 0.3) is 5.56 Å². The molecule has 0 amide bonds. The summed E-state index contributed by atoms with van der Waals surface area (Å²) in [6.45, 7) is 0.0464. The maximum Gasteiger partial charge on any atom is 0.330 e. The Hall–Kier alpha value is -2.77. The third kappa shape index (κ3) is 2.03. The largest absolute Gasteiger partial charge is 0.383 e. The molecule has 8 heteroatoms. The predicted molar refractivity (Wildman–Crippen MR) is 64.5 cm³/mol. The average Bonchev–Trinajstić information content (AvgIpc) is 2.36. The number of pyridine rings is 1. The van der Waals surface area contributed by atoms with Crippen LogP contribution in [0.1, 0.15) is 5.69 Å². The van der Waals surface area contributed by atoms with Crippen molar-refractivity contribution >= 4 is 11.5 Å². The Morgan fingerprint density at radius 3 is 2.78 bits per heavy atom. The van der Waals surface area contributed by atoms with Crippen LogP contribution in [0.4, 0.5) is 11.5 Å². The molecule has 0 aliphatic carbocycles. The van der Waals surface area contributed by atoms with Crippen molar-refractivity contribution in [1.29, 1.82) is 0 Å². The zero-order valence-corrected chi connectivity index (χ0v) is 9.16. The molecule has 3 N–H and O–H groups in total. The standard InChI is InChI=1S/C10H9N5O3/c11-8-7(14-18)9(16)13-10(17)15(8)5-6-3-1-2-4-12-6/h1-4H,5,11H2,(H,13,16,17). The van der Waals surface area contributed by atoms with Crippen LogP contribution in [0.3, 0.4) is 0 Å². The highest BCUT2D eigenvalue weighted by Crippen LogP contribution is 2.13. The van der Waals surface area contributed by atoms with Gasteiger partial charge in [0, 0.05) is 6.20 Å². The lowest BCUT2D eigenvalue weighted by molar-refractivity contribution is 0.717. The number of aromatic nitrogens is 3. The lowest BCUT2D eigenvalue weighted by Gasteiger charge is -2.08. The van der Waals surface area contributed by atoms with Crippen LogP contribution < -0.4 is 17.0 Å². The first-order valence-corrected chi connectivity index (χ1v) is 4.99. The number of nitroso groups, excluding NO2 is 1. The van der Waals surface area contributed by atoms with E-state index in [1.165, 1.54) is 0 Å². The van der Waals surface area contributed by atoms with Crippen LogP contribution in [0.5, 0.6) is 0 Å². The van der Waals surface area contributed by atoms with E-state index in [1.807, 2.05) is 4.98 Å². The molecule has 0 saturated carbocycles. The zero-order valence-electron chi connectivity index (χ0n) is 9.16. The van der Waals surface area contributed by atoms with Gasteiger partial charge in [0.15, 0.2) is 0 Å². The van der Waals surface area contributed by atoms with E-state index < -0.39 is 16.9 Å². The third-order valence-corrected chi connectivity index (χ3v) is 2.35. The van der Waals surface area contributed by atoms with Gasteiger partial charge < -0.3 is 5.73 Å². The highest BCUT2D eigenvalue weighted by molar-refractivity contribution is 5.55. The van der Waals surface area contributed by atoms with E-state index in [1.54, 1.807) is 24.4 Å². The molecule has 0 aliphatic rings. The van der Waals surface area contributed by atoms with Crippen molar-refractivity contribution in [2.75, 3.05) is 5.73 Å². The molecular formula is C10H9N5O3. The van der Waals surface area contributed by atoms with Gasteiger partial charge in [0.05, 0.1) is 12.2 Å². The Morgan fingerprint density at radius 1 is 1.39 bits per heavy atom. The first-order valence-electron chi connectivity index (χ1n) is 4.99. The van der Waals surface area contributed by atoms with E-state index in [9.17, 15) is 14.5 Å². The van der Waals surface area contributed by atoms with Crippen molar-refractivity contribution in [3.63, 3.8) is 0 Å². The van der Waals surface area contributed by atoms with Gasteiger partial charge in [-0.15, -0.1) is 4.91 Å². The zero-order chi connectivity index (χ0) is 13.1. The van der Waals surface area contributed by atoms with Crippen molar-refractivity contribution < 1.29 is 0 Å². The number of rotatable bonds is 3. The molecule has 2 heterocycles. The van der Waals surface area contributed by atoms with Crippen LogP contribution in [0.15, 0.2) is 39.2 Å². The van der Waals surface area contributed by atoms with Gasteiger partial charge in [0.2, 0.25) is 5.69 Å². The van der Waals surface area contributed by atoms with Gasteiger partial charge in [-0.1, -0.05) is 6.07 Å². The Kier molecular flexibility index (Phi) is 3.00. The molecular weight excluding hydrogens is 238 g/mol. The number of nitrogens with two attached hydrogens (primary N) is 1. The Bertz CT molecular complexity index is 689. The molecule has 92 valence electrons. The quantitative estimate of drug-likeness (QED) is 0.736. The van der Waals surface area contributed by atoms with Gasteiger partial charge in [-0.05, 0) is 17.3 Å². The minimum absolute atomic E-state index is 0.0464. The molecule has 0 fully saturated rings. The van der Waals surface area contributed by atoms with Crippen LogP contribution in [0, 0.1) is 4.91 Å². The highest BCUT2D eigenvalue weighted by atomic mass is 16.3. The summed E-state index contributed by atoms with van der Waals surface area (Å²) in [6, 6.07) is 5.15. The minimum Gasteiger partial charge on any atom is -0.383 e. The molecule has 2 aromatic rings. The van der Waals surface area contributed by atoms with Crippen molar-refractivity contribution in [3.05, 3.63) is 55.8 Å². The minimum atomic E-state index is -0.898. The fraction of sp³-hybridized carbons (Fsp3) is 0.100. The molecule has 18 heavy (non-hydrogen) atoms. The summed E-state index contributed by atoms with van der Waals surface area (Å²) in [5.74, 6) is -0.274. The number of nitrogens with zero attached hydrogens (tertiary/aromatic N) is 3. The Balaban J connectivity index is 2.55. The van der Waals surface area contributed by atoms with Crippen LogP contribution >= 0.6 is 0 Å². The lowest BCUT2D eigenvalue weighted by atomic mass is 10.3. The second kappa shape index (κ2) is 4.62. The van der Waals surface area contributed by atoms with Gasteiger partial charge >= 0.3 is 5.69 Å². The molecule has 0 bridgehead atoms. The van der Waals surface area contributed by atoms with Crippen LogP contribution in [-0.4, -0.2) is 14.5 Å². The van der Waals surface area contributed by atoms with Gasteiger partial charge in [-0.25, -0.2) is 4.79 Å². The summed E-state index contributed by atoms with van der Waals surface area (Å²) in [4.78, 5) is 39.3. The highest BCUT2D eigenvalue weighted by Gasteiger charge is 2.13. The van der Waals surface area contributed by atoms with Gasteiger partial charge in [-0.2, -0.15) is 0 Å². The van der Waals surface area contributed by atoms with Crippen molar-refractivity contribution in [3.8, 4) is 0 Å². The van der Waals surface area contributed by atoms with Crippen molar-refractivity contribution in [2.45, 2.75) is 6.54 Å². The van der Waals surface area contributed by atoms with Crippen molar-refractivity contribution in [1.82, 2.24) is 14.5 Å². The van der Waals surface area contributed by atoms with E-state index in [2.05, 4.69) is 10.2 Å². The van der Waals surface area contributed by atoms with Crippen LogP contribution in [-0.2, 0) is 6.54 Å². The fourth-order valence-corrected chi connectivity index (χ4v) is 1.48. The number of anilines is 1. The number of hydrogen-bond donors (Lipinski definition) is 2. The summed E-state index contributed by atoms with van der Waals surface area (Å²) in [5.41, 5.74) is 4.01. The molecule has 0 aliphatic heterocycles. The van der Waals surface area contributed by atoms with Gasteiger partial charge in [0.1, 0.15) is 5.82 Å². The van der Waals surface area contributed by atoms with E-state index in [0.29, 0.717) is 5.69 Å². The van der Waals surface area contributed by atoms with Crippen LogP contribution in [0.2, 0.25) is 0 Å². The maximum absolute atomic E-state index is 11.6. The molecule has 8 nitrogen and oxygen atoms in total. The molecule has 0 aromatic carbocycles. The summed E-state index contributed by atoms with van der Waals surface area (Å²) >= 11 is 0. The third-order valence-electron chi connectivity index (χ3n) is 2.35. The van der Waals surface area contributed by atoms with Gasteiger partial charge in [-0.3, -0.25) is 19.3 Å². The maximum atomic E-state index is 11.6. The first kappa shape index (κ1) is 11.7. The number of aromatic amines is 1. The summed E-state index contributed by atoms with van der Waals surface area (Å²) in [7, 11) is 0. The summed E-state index contributed by atoms with van der Waals surface area (Å²) in [6.07, 6.45) is 1.56. The van der Waals surface area contributed by atoms with Crippen molar-refractivity contribution in [2.24, 2.45) is 5.18 Å². The monoisotopic (exact) mass is 247 g/mol. The molecule has 0 saturated heterocycles. The SMILES string of the molecule is Nc1c(N=O)c(=O)[nH]c(=O)n1Cc1ccccn1. The average molecular weight is 247 g/mol. The molecule has 0 radical (unpaired) electrons. The molecule has 0 unspecified atom stereocenters. The van der Waals surface area contributed by atoms with E-state index >= 15 is 0 Å². The summed E-state index contributed by atoms with van der Waals surface area (Å²) < 4.78 is 1.03. The smallest absolute Gasteiger partial charge is 0.330 e. The Morgan fingerprint density at radius 2 is 2.17 bits per heavy atom. The van der Waals surface area contributed by atoms with Crippen LogP contribution in [0.25, 0.3) is 0 Å². The molecule has 2 aromatic heterocycles. The second-order valence-electron chi connectivity index (χ2n) is 3.49. The predicted octanol–water partition coefficient (Wildman–Crippen LogP) is -0.0400. The first-order chi connectivity index (χ1) is 8.63. The second-order valence-corrected chi connectivity index (χ2v) is 3.49. The number of H-pyrrole nitrogens is 1. The normalized spacial score (nSPS) is 10.2. The van der Waals surface area contributed by atoms with E-state index in [-0.39, 0.29) is 12.4 Å². The fourth-order valence-electron chi connectivity index (χ4n) is 1.48. The summed E-state index contributed by atoms with van der Waals surface area (Å²) in [5, 5.41) is 2.51. The lowest BCUT2D eigenvalue weighted by Crippen LogP contribution is -2.32. The topological polar surface area (TPSA) is 123 Å². The molecule has 0 atom stereocenters.